The molecule has 0 aliphatic heterocycles. The summed E-state index contributed by atoms with van der Waals surface area (Å²) in [5, 5.41) is 0. The first kappa shape index (κ1) is 4.84. The van der Waals surface area contributed by atoms with Gasteiger partial charge in [-0.25, -0.2) is 0 Å². The number of hydrogen-bond donors (Lipinski definition) is 0. The molecule has 0 amide bonds. The van der Waals surface area contributed by atoms with E-state index in [0.717, 1.165) is 17.8 Å². The Morgan fingerprint density at radius 1 is 1.12 bits per heavy atom. The monoisotopic (exact) mass is 110 g/mol. The molecule has 0 radical (unpaired) electrons. The highest BCUT2D eigenvalue weighted by Crippen LogP contribution is 2.47. The lowest BCUT2D eigenvalue weighted by Gasteiger charge is -2.15. The van der Waals surface area contributed by atoms with Crippen LogP contribution in [-0.4, -0.2) is 0 Å². The highest BCUT2D eigenvalue weighted by Gasteiger charge is 2.36. The molecule has 2 rings (SSSR count). The van der Waals surface area contributed by atoms with Crippen LogP contribution in [0.1, 0.15) is 32.6 Å². The third-order valence-electron chi connectivity index (χ3n) is 3.09. The van der Waals surface area contributed by atoms with Crippen molar-refractivity contribution in [2.45, 2.75) is 32.6 Å². The van der Waals surface area contributed by atoms with E-state index in [1.165, 1.54) is 0 Å². The molecule has 2 aliphatic carbocycles. The second kappa shape index (κ2) is 1.49. The maximum atomic E-state index is 2.42. The van der Waals surface area contributed by atoms with Gasteiger partial charge in [0.15, 0.2) is 0 Å². The van der Waals surface area contributed by atoms with E-state index in [2.05, 4.69) is 6.92 Å². The molecule has 3 unspecified atom stereocenters. The fraction of sp³-hybridized carbons (Fsp3) is 1.00. The lowest BCUT2D eigenvalue weighted by atomic mass is 9.91. The summed E-state index contributed by atoms with van der Waals surface area (Å²) in [4.78, 5) is 0. The van der Waals surface area contributed by atoms with Crippen molar-refractivity contribution in [3.05, 3.63) is 0 Å². The van der Waals surface area contributed by atoms with Crippen molar-refractivity contribution in [1.82, 2.24) is 0 Å². The van der Waals surface area contributed by atoms with Crippen molar-refractivity contribution in [3.63, 3.8) is 0 Å². The zero-order valence-corrected chi connectivity index (χ0v) is 5.56. The summed E-state index contributed by atoms with van der Waals surface area (Å²) in [6.45, 7) is 2.42. The zero-order valence-electron chi connectivity index (χ0n) is 5.56. The van der Waals surface area contributed by atoms with E-state index in [9.17, 15) is 0 Å². The molecule has 0 aromatic heterocycles. The quantitative estimate of drug-likeness (QED) is 0.449. The van der Waals surface area contributed by atoms with Crippen molar-refractivity contribution in [2.75, 3.05) is 0 Å². The van der Waals surface area contributed by atoms with Crippen LogP contribution in [0, 0.1) is 17.8 Å². The van der Waals surface area contributed by atoms with Crippen LogP contribution in [0.25, 0.3) is 0 Å². The summed E-state index contributed by atoms with van der Waals surface area (Å²) in [7, 11) is 0. The normalized spacial score (nSPS) is 52.9. The predicted octanol–water partition coefficient (Wildman–Crippen LogP) is 2.44. The van der Waals surface area contributed by atoms with Crippen molar-refractivity contribution in [2.24, 2.45) is 17.8 Å². The Morgan fingerprint density at radius 3 is 2.25 bits per heavy atom. The fourth-order valence-corrected chi connectivity index (χ4v) is 2.56. The topological polar surface area (TPSA) is 0 Å². The van der Waals surface area contributed by atoms with Gasteiger partial charge in [-0.2, -0.15) is 0 Å². The van der Waals surface area contributed by atoms with E-state index in [-0.39, 0.29) is 0 Å². The Kier molecular flexibility index (Phi) is 0.902. The Hall–Kier alpha value is 0. The van der Waals surface area contributed by atoms with Crippen LogP contribution in [0.2, 0.25) is 0 Å². The van der Waals surface area contributed by atoms with E-state index in [1.807, 2.05) is 0 Å². The Morgan fingerprint density at radius 2 is 2.00 bits per heavy atom. The molecule has 46 valence electrons. The van der Waals surface area contributed by atoms with Gasteiger partial charge in [-0.3, -0.25) is 0 Å². The molecule has 0 heterocycles. The predicted molar refractivity (Wildman–Crippen MR) is 34.6 cm³/mol. The Balaban J connectivity index is 2.11. The summed E-state index contributed by atoms with van der Waals surface area (Å²) in [5.74, 6) is 3.36. The standard InChI is InChI=1S/C8H14/c1-6-4-7-2-3-8(6)5-7/h6-8H,2-5H2,1H3. The van der Waals surface area contributed by atoms with Crippen molar-refractivity contribution >= 4 is 0 Å². The van der Waals surface area contributed by atoms with Crippen molar-refractivity contribution < 1.29 is 0 Å². The molecular weight excluding hydrogens is 96.1 g/mol. The van der Waals surface area contributed by atoms with E-state index in [0.29, 0.717) is 0 Å². The highest BCUT2D eigenvalue weighted by molar-refractivity contribution is 4.87. The Labute approximate surface area is 51.3 Å². The minimum absolute atomic E-state index is 1.08. The molecular formula is C8H14. The minimum Gasteiger partial charge on any atom is -0.0622 e. The van der Waals surface area contributed by atoms with E-state index < -0.39 is 0 Å². The van der Waals surface area contributed by atoms with Gasteiger partial charge in [-0.1, -0.05) is 13.3 Å². The van der Waals surface area contributed by atoms with Gasteiger partial charge in [-0.05, 0) is 37.0 Å². The molecule has 0 spiro atoms. The Bertz CT molecular complexity index is 94.2. The second-order valence-corrected chi connectivity index (χ2v) is 3.65. The summed E-state index contributed by atoms with van der Waals surface area (Å²) < 4.78 is 0. The summed E-state index contributed by atoms with van der Waals surface area (Å²) in [5.41, 5.74) is 0. The van der Waals surface area contributed by atoms with Crippen LogP contribution in [0.4, 0.5) is 0 Å². The van der Waals surface area contributed by atoms with E-state index >= 15 is 0 Å². The lowest BCUT2D eigenvalue weighted by Crippen LogP contribution is -2.04. The third-order valence-corrected chi connectivity index (χ3v) is 3.09. The summed E-state index contributed by atoms with van der Waals surface area (Å²) in [6, 6.07) is 0. The largest absolute Gasteiger partial charge is 0.0622 e. The zero-order chi connectivity index (χ0) is 5.56. The summed E-state index contributed by atoms with van der Waals surface area (Å²) in [6.07, 6.45) is 6.21. The van der Waals surface area contributed by atoms with Gasteiger partial charge >= 0.3 is 0 Å². The van der Waals surface area contributed by atoms with Gasteiger partial charge in [0.1, 0.15) is 0 Å². The molecule has 2 saturated carbocycles. The smallest absolute Gasteiger partial charge is 0.0386 e. The van der Waals surface area contributed by atoms with Crippen molar-refractivity contribution in [1.29, 1.82) is 0 Å². The number of fused-ring (bicyclic) bond motifs is 2. The summed E-state index contributed by atoms with van der Waals surface area (Å²) >= 11 is 0. The first-order valence-corrected chi connectivity index (χ1v) is 3.86. The average Bonchev–Trinajstić information content (AvgIpc) is 2.23. The first-order chi connectivity index (χ1) is 3.86. The minimum atomic E-state index is 1.08. The third kappa shape index (κ3) is 0.519. The van der Waals surface area contributed by atoms with E-state index in [1.54, 1.807) is 25.7 Å². The molecule has 0 aromatic rings. The van der Waals surface area contributed by atoms with Crippen LogP contribution in [-0.2, 0) is 0 Å². The van der Waals surface area contributed by atoms with Gasteiger partial charge in [-0.15, -0.1) is 0 Å². The average molecular weight is 110 g/mol. The maximum absolute atomic E-state index is 2.42. The fourth-order valence-electron chi connectivity index (χ4n) is 2.56. The second-order valence-electron chi connectivity index (χ2n) is 3.65. The molecule has 3 atom stereocenters. The molecule has 8 heavy (non-hydrogen) atoms. The molecule has 0 N–H and O–H groups in total. The maximum Gasteiger partial charge on any atom is -0.0386 e. The van der Waals surface area contributed by atoms with Crippen LogP contribution >= 0.6 is 0 Å². The molecule has 2 fully saturated rings. The lowest BCUT2D eigenvalue weighted by molar-refractivity contribution is 0.360. The van der Waals surface area contributed by atoms with Crippen LogP contribution < -0.4 is 0 Å². The highest BCUT2D eigenvalue weighted by atomic mass is 14.4. The SMILES string of the molecule is CC1CC2CCC1C2. The van der Waals surface area contributed by atoms with Gasteiger partial charge in [0.2, 0.25) is 0 Å². The van der Waals surface area contributed by atoms with Crippen LogP contribution in [0.5, 0.6) is 0 Å². The van der Waals surface area contributed by atoms with Crippen molar-refractivity contribution in [3.8, 4) is 0 Å². The van der Waals surface area contributed by atoms with Gasteiger partial charge < -0.3 is 0 Å². The van der Waals surface area contributed by atoms with Gasteiger partial charge in [0.25, 0.3) is 0 Å². The first-order valence-electron chi connectivity index (χ1n) is 3.86. The van der Waals surface area contributed by atoms with Gasteiger partial charge in [0, 0.05) is 0 Å². The van der Waals surface area contributed by atoms with E-state index in [4.69, 9.17) is 0 Å². The number of hydrogen-bond acceptors (Lipinski definition) is 0. The molecule has 0 heteroatoms. The molecule has 2 bridgehead atoms. The molecule has 0 saturated heterocycles. The molecule has 0 nitrogen and oxygen atoms in total. The van der Waals surface area contributed by atoms with Gasteiger partial charge in [0.05, 0.1) is 0 Å². The van der Waals surface area contributed by atoms with Crippen LogP contribution in [0.15, 0.2) is 0 Å². The van der Waals surface area contributed by atoms with Crippen LogP contribution in [0.3, 0.4) is 0 Å². The molecule has 2 aliphatic rings. The molecule has 0 aromatic carbocycles. The number of rotatable bonds is 0.